The maximum Gasteiger partial charge on any atom is 0.414 e. The number of amides is 1. The minimum atomic E-state index is -0.655. The Kier molecular flexibility index (Phi) is 8.49. The van der Waals surface area contributed by atoms with Gasteiger partial charge in [0.05, 0.1) is 12.3 Å². The topological polar surface area (TPSA) is 98.8 Å². The van der Waals surface area contributed by atoms with Crippen molar-refractivity contribution < 1.29 is 14.3 Å². The number of nitrogens with one attached hydrogen (secondary N) is 1. The first-order chi connectivity index (χ1) is 13.3. The van der Waals surface area contributed by atoms with Crippen LogP contribution in [0.15, 0.2) is 34.6 Å². The van der Waals surface area contributed by atoms with Gasteiger partial charge >= 0.3 is 6.09 Å². The summed E-state index contributed by atoms with van der Waals surface area (Å²) in [7, 11) is 0. The van der Waals surface area contributed by atoms with Crippen molar-refractivity contribution in [1.82, 2.24) is 10.3 Å². The van der Waals surface area contributed by atoms with Crippen LogP contribution >= 0.6 is 33.9 Å². The molecule has 7 nitrogen and oxygen atoms in total. The number of nitrogens with zero attached hydrogens (tertiary/aromatic N) is 2. The second kappa shape index (κ2) is 10.6. The zero-order valence-corrected chi connectivity index (χ0v) is 19.2. The molecule has 0 spiro atoms. The van der Waals surface area contributed by atoms with E-state index >= 15 is 0 Å². The minimum Gasteiger partial charge on any atom is -0.494 e. The highest BCUT2D eigenvalue weighted by molar-refractivity contribution is 14.1. The number of rotatable bonds is 7. The number of carbonyl (C=O) groups excluding carboxylic acids is 1. The summed E-state index contributed by atoms with van der Waals surface area (Å²) >= 11 is 3.70. The fraction of sp³-hybridized carbons (Fsp3) is 0.421. The van der Waals surface area contributed by atoms with Crippen molar-refractivity contribution in [2.45, 2.75) is 39.2 Å². The van der Waals surface area contributed by atoms with E-state index in [4.69, 9.17) is 15.2 Å². The van der Waals surface area contributed by atoms with Crippen LogP contribution < -0.4 is 15.8 Å². The van der Waals surface area contributed by atoms with Crippen molar-refractivity contribution in [3.05, 3.63) is 29.6 Å². The van der Waals surface area contributed by atoms with Crippen molar-refractivity contribution in [1.29, 1.82) is 0 Å². The second-order valence-electron chi connectivity index (χ2n) is 6.91. The number of hydrogen-bond acceptors (Lipinski definition) is 6. The lowest BCUT2D eigenvalue weighted by molar-refractivity contribution is 0.0562. The van der Waals surface area contributed by atoms with E-state index in [0.29, 0.717) is 11.7 Å². The summed E-state index contributed by atoms with van der Waals surface area (Å²) in [6.45, 7) is 6.02. The van der Waals surface area contributed by atoms with Gasteiger partial charge in [0.25, 0.3) is 0 Å². The standard InChI is InChI=1S/C19H25IN4O3S/c1-19(2,3)27-18(25)24-16(21)23-17-22-15(12-28-17)13-7-6-8-14(11-13)26-10-5-4-9-20/h6-8,11-12H,4-5,9-10H2,1-3H3,(H3,21,22,23,24,25). The van der Waals surface area contributed by atoms with E-state index < -0.39 is 11.7 Å². The van der Waals surface area contributed by atoms with E-state index in [2.05, 4.69) is 37.9 Å². The monoisotopic (exact) mass is 516 g/mol. The summed E-state index contributed by atoms with van der Waals surface area (Å²) in [5.41, 5.74) is 6.86. The molecule has 0 unspecified atom stereocenters. The maximum atomic E-state index is 11.7. The predicted molar refractivity (Wildman–Crippen MR) is 122 cm³/mol. The number of carbonyl (C=O) groups is 1. The Balaban J connectivity index is 2.00. The molecule has 9 heteroatoms. The Hall–Kier alpha value is -1.88. The number of alkyl carbamates (subject to hydrolysis) is 1. The quantitative estimate of drug-likeness (QED) is 0.180. The number of nitrogens with two attached hydrogens (primary N) is 1. The molecule has 0 saturated carbocycles. The maximum absolute atomic E-state index is 11.7. The molecule has 152 valence electrons. The van der Waals surface area contributed by atoms with E-state index in [1.165, 1.54) is 11.3 Å². The van der Waals surface area contributed by atoms with Gasteiger partial charge in [-0.2, -0.15) is 4.99 Å². The number of aromatic nitrogens is 1. The average Bonchev–Trinajstić information content (AvgIpc) is 3.05. The zero-order valence-electron chi connectivity index (χ0n) is 16.2. The van der Waals surface area contributed by atoms with Gasteiger partial charge in [-0.05, 0) is 50.2 Å². The summed E-state index contributed by atoms with van der Waals surface area (Å²) in [6.07, 6.45) is 1.52. The molecule has 0 saturated heterocycles. The van der Waals surface area contributed by atoms with Crippen LogP contribution in [0.2, 0.25) is 0 Å². The number of alkyl halides is 1. The van der Waals surface area contributed by atoms with Crippen LogP contribution in [0.5, 0.6) is 5.75 Å². The molecule has 2 aromatic rings. The van der Waals surface area contributed by atoms with E-state index in [-0.39, 0.29) is 5.96 Å². The average molecular weight is 516 g/mol. The van der Waals surface area contributed by atoms with Crippen molar-refractivity contribution in [3.8, 4) is 17.0 Å². The Labute approximate surface area is 182 Å². The van der Waals surface area contributed by atoms with Crippen LogP contribution in [-0.4, -0.2) is 33.7 Å². The van der Waals surface area contributed by atoms with Crippen molar-refractivity contribution in [2.24, 2.45) is 10.7 Å². The molecule has 1 amide bonds. The van der Waals surface area contributed by atoms with E-state index in [1.807, 2.05) is 29.6 Å². The number of benzene rings is 1. The Bertz CT molecular complexity index is 818. The number of halogens is 1. The molecule has 0 atom stereocenters. The Morgan fingerprint density at radius 1 is 1.36 bits per heavy atom. The summed E-state index contributed by atoms with van der Waals surface area (Å²) in [5.74, 6) is 0.748. The molecule has 28 heavy (non-hydrogen) atoms. The molecule has 2 rings (SSSR count). The lowest BCUT2D eigenvalue weighted by Crippen LogP contribution is -2.40. The van der Waals surface area contributed by atoms with Gasteiger partial charge < -0.3 is 15.2 Å². The van der Waals surface area contributed by atoms with Crippen LogP contribution in [0, 0.1) is 0 Å². The molecule has 0 aliphatic heterocycles. The third-order valence-corrected chi connectivity index (χ3v) is 4.76. The minimum absolute atomic E-state index is 0.0671. The van der Waals surface area contributed by atoms with E-state index in [1.54, 1.807) is 20.8 Å². The molecule has 1 aromatic carbocycles. The highest BCUT2D eigenvalue weighted by Gasteiger charge is 2.16. The SMILES string of the molecule is CC(C)(C)OC(=O)N/C(N)=N/c1nc(-c2cccc(OCCCCI)c2)cs1. The van der Waals surface area contributed by atoms with Gasteiger partial charge in [-0.25, -0.2) is 9.78 Å². The summed E-state index contributed by atoms with van der Waals surface area (Å²) in [6, 6.07) is 7.78. The predicted octanol–water partition coefficient (Wildman–Crippen LogP) is 4.88. The molecular formula is C19H25IN4O3S. The first-order valence-electron chi connectivity index (χ1n) is 8.86. The Morgan fingerprint density at radius 3 is 2.86 bits per heavy atom. The zero-order chi connectivity index (χ0) is 20.6. The van der Waals surface area contributed by atoms with Gasteiger partial charge in [0.1, 0.15) is 11.4 Å². The van der Waals surface area contributed by atoms with Gasteiger partial charge in [0, 0.05) is 10.9 Å². The third-order valence-electron chi connectivity index (χ3n) is 3.26. The van der Waals surface area contributed by atoms with Crippen molar-refractivity contribution in [3.63, 3.8) is 0 Å². The first kappa shape index (κ1) is 22.4. The largest absolute Gasteiger partial charge is 0.494 e. The number of guanidine groups is 1. The normalized spacial score (nSPS) is 11.9. The summed E-state index contributed by atoms with van der Waals surface area (Å²) in [5, 5.41) is 4.71. The van der Waals surface area contributed by atoms with Crippen LogP contribution in [-0.2, 0) is 4.74 Å². The van der Waals surface area contributed by atoms with Crippen LogP contribution in [0.4, 0.5) is 9.93 Å². The van der Waals surface area contributed by atoms with E-state index in [9.17, 15) is 4.79 Å². The fourth-order valence-corrected chi connectivity index (χ4v) is 3.37. The second-order valence-corrected chi connectivity index (χ2v) is 8.83. The number of unbranched alkanes of at least 4 members (excludes halogenated alkanes) is 1. The highest BCUT2D eigenvalue weighted by atomic mass is 127. The third kappa shape index (κ3) is 8.01. The van der Waals surface area contributed by atoms with Gasteiger partial charge in [-0.15, -0.1) is 11.3 Å². The van der Waals surface area contributed by atoms with Gasteiger partial charge in [-0.3, -0.25) is 5.32 Å². The van der Waals surface area contributed by atoms with Gasteiger partial charge in [-0.1, -0.05) is 34.7 Å². The van der Waals surface area contributed by atoms with Gasteiger partial charge in [0.15, 0.2) is 0 Å². The van der Waals surface area contributed by atoms with Crippen LogP contribution in [0.3, 0.4) is 0 Å². The first-order valence-corrected chi connectivity index (χ1v) is 11.3. The molecule has 3 N–H and O–H groups in total. The summed E-state index contributed by atoms with van der Waals surface area (Å²) < 4.78 is 12.1. The number of thiazole rings is 1. The molecule has 0 aliphatic rings. The molecule has 0 radical (unpaired) electrons. The molecular weight excluding hydrogens is 491 g/mol. The smallest absolute Gasteiger partial charge is 0.414 e. The van der Waals surface area contributed by atoms with Gasteiger partial charge in [0.2, 0.25) is 11.1 Å². The van der Waals surface area contributed by atoms with Crippen molar-refractivity contribution in [2.75, 3.05) is 11.0 Å². The highest BCUT2D eigenvalue weighted by Crippen LogP contribution is 2.28. The molecule has 0 fully saturated rings. The molecule has 0 aliphatic carbocycles. The van der Waals surface area contributed by atoms with Crippen LogP contribution in [0.25, 0.3) is 11.3 Å². The molecule has 0 bridgehead atoms. The van der Waals surface area contributed by atoms with Crippen molar-refractivity contribution >= 4 is 51.1 Å². The lowest BCUT2D eigenvalue weighted by Gasteiger charge is -2.19. The van der Waals surface area contributed by atoms with Crippen LogP contribution in [0.1, 0.15) is 33.6 Å². The number of ether oxygens (including phenoxy) is 2. The summed E-state index contributed by atoms with van der Waals surface area (Å²) in [4.78, 5) is 20.3. The number of aliphatic imine (C=N–C) groups is 1. The van der Waals surface area contributed by atoms with E-state index in [0.717, 1.165) is 34.3 Å². The molecule has 1 aromatic heterocycles. The lowest BCUT2D eigenvalue weighted by atomic mass is 10.2. The number of hydrogen-bond donors (Lipinski definition) is 2. The fourth-order valence-electron chi connectivity index (χ4n) is 2.12. The Morgan fingerprint density at radius 2 is 2.14 bits per heavy atom. The molecule has 1 heterocycles.